The lowest BCUT2D eigenvalue weighted by atomic mass is 9.82. The molecule has 0 bridgehead atoms. The molecule has 1 saturated heterocycles. The van der Waals surface area contributed by atoms with Gasteiger partial charge in [0.1, 0.15) is 6.04 Å². The maximum Gasteiger partial charge on any atom is 0.323 e. The highest BCUT2D eigenvalue weighted by molar-refractivity contribution is 5.77. The van der Waals surface area contributed by atoms with E-state index in [0.717, 1.165) is 25.8 Å². The van der Waals surface area contributed by atoms with Crippen LogP contribution in [0.25, 0.3) is 0 Å². The van der Waals surface area contributed by atoms with Crippen LogP contribution >= 0.6 is 0 Å². The predicted octanol–water partition coefficient (Wildman–Crippen LogP) is 0.00460. The molecular weight excluding hydrogens is 182 g/mol. The maximum absolute atomic E-state index is 11.3. The van der Waals surface area contributed by atoms with Gasteiger partial charge in [-0.3, -0.25) is 9.69 Å². The van der Waals surface area contributed by atoms with Gasteiger partial charge in [0.25, 0.3) is 0 Å². The van der Waals surface area contributed by atoms with Crippen molar-refractivity contribution >= 4 is 5.97 Å². The van der Waals surface area contributed by atoms with Crippen molar-refractivity contribution in [2.45, 2.75) is 31.4 Å². The SMILES string of the molecule is CN(CC1CC(O)C1)C1CCOC1=O. The third kappa shape index (κ3) is 1.91. The van der Waals surface area contributed by atoms with Gasteiger partial charge < -0.3 is 9.84 Å². The van der Waals surface area contributed by atoms with Crippen molar-refractivity contribution in [3.63, 3.8) is 0 Å². The third-order valence-corrected chi connectivity index (χ3v) is 3.20. The van der Waals surface area contributed by atoms with Crippen LogP contribution in [0.2, 0.25) is 0 Å². The minimum atomic E-state index is -0.107. The van der Waals surface area contributed by atoms with E-state index in [1.807, 2.05) is 7.05 Å². The summed E-state index contributed by atoms with van der Waals surface area (Å²) < 4.78 is 4.91. The number of hydrogen-bond donors (Lipinski definition) is 1. The monoisotopic (exact) mass is 199 g/mol. The van der Waals surface area contributed by atoms with Gasteiger partial charge in [-0.25, -0.2) is 0 Å². The smallest absolute Gasteiger partial charge is 0.323 e. The Bertz CT molecular complexity index is 225. The summed E-state index contributed by atoms with van der Waals surface area (Å²) in [6.45, 7) is 1.46. The van der Waals surface area contributed by atoms with Gasteiger partial charge in [0.2, 0.25) is 0 Å². The van der Waals surface area contributed by atoms with Crippen LogP contribution in [0.15, 0.2) is 0 Å². The Labute approximate surface area is 83.8 Å². The number of nitrogens with zero attached hydrogens (tertiary/aromatic N) is 1. The van der Waals surface area contributed by atoms with Crippen molar-refractivity contribution in [2.24, 2.45) is 5.92 Å². The molecule has 4 nitrogen and oxygen atoms in total. The number of esters is 1. The van der Waals surface area contributed by atoms with E-state index < -0.39 is 0 Å². The van der Waals surface area contributed by atoms with E-state index in [1.54, 1.807) is 0 Å². The van der Waals surface area contributed by atoms with Gasteiger partial charge in [-0.05, 0) is 25.8 Å². The molecule has 1 N–H and O–H groups in total. The zero-order valence-electron chi connectivity index (χ0n) is 8.48. The Morgan fingerprint density at radius 3 is 2.79 bits per heavy atom. The number of aliphatic hydroxyl groups excluding tert-OH is 1. The molecule has 80 valence electrons. The molecule has 1 aliphatic carbocycles. The van der Waals surface area contributed by atoms with E-state index in [1.165, 1.54) is 0 Å². The lowest BCUT2D eigenvalue weighted by molar-refractivity contribution is -0.142. The molecule has 0 amide bonds. The van der Waals surface area contributed by atoms with Crippen LogP contribution in [0.4, 0.5) is 0 Å². The Morgan fingerprint density at radius 1 is 1.57 bits per heavy atom. The first kappa shape index (κ1) is 9.93. The number of carbonyl (C=O) groups excluding carboxylic acids is 1. The molecule has 1 heterocycles. The fourth-order valence-electron chi connectivity index (χ4n) is 2.27. The molecule has 2 aliphatic rings. The van der Waals surface area contributed by atoms with Gasteiger partial charge >= 0.3 is 5.97 Å². The standard InChI is InChI=1S/C10H17NO3/c1-11(6-7-4-8(12)5-7)9-2-3-14-10(9)13/h7-9,12H,2-6H2,1H3. The van der Waals surface area contributed by atoms with Crippen LogP contribution in [-0.2, 0) is 9.53 Å². The summed E-state index contributed by atoms with van der Waals surface area (Å²) in [7, 11) is 1.96. The van der Waals surface area contributed by atoms with Gasteiger partial charge in [-0.2, -0.15) is 0 Å². The fourth-order valence-corrected chi connectivity index (χ4v) is 2.27. The molecule has 0 aromatic rings. The summed E-state index contributed by atoms with van der Waals surface area (Å²) in [5.74, 6) is 0.468. The second-order valence-electron chi connectivity index (χ2n) is 4.40. The normalized spacial score (nSPS) is 37.1. The van der Waals surface area contributed by atoms with E-state index in [-0.39, 0.29) is 18.1 Å². The molecule has 0 aromatic heterocycles. The highest BCUT2D eigenvalue weighted by Crippen LogP contribution is 2.28. The second-order valence-corrected chi connectivity index (χ2v) is 4.40. The molecule has 2 rings (SSSR count). The number of aliphatic hydroxyl groups is 1. The van der Waals surface area contributed by atoms with E-state index in [0.29, 0.717) is 12.5 Å². The van der Waals surface area contributed by atoms with Crippen LogP contribution in [-0.4, -0.2) is 48.3 Å². The molecule has 1 unspecified atom stereocenters. The van der Waals surface area contributed by atoms with Crippen molar-refractivity contribution in [3.8, 4) is 0 Å². The summed E-state index contributed by atoms with van der Waals surface area (Å²) in [4.78, 5) is 13.3. The first-order valence-electron chi connectivity index (χ1n) is 5.21. The highest BCUT2D eigenvalue weighted by Gasteiger charge is 2.34. The predicted molar refractivity (Wildman–Crippen MR) is 50.7 cm³/mol. The van der Waals surface area contributed by atoms with Crippen molar-refractivity contribution in [1.29, 1.82) is 0 Å². The zero-order valence-corrected chi connectivity index (χ0v) is 8.48. The number of carbonyl (C=O) groups is 1. The Balaban J connectivity index is 1.77. The lowest BCUT2D eigenvalue weighted by Gasteiger charge is -2.35. The topological polar surface area (TPSA) is 49.8 Å². The third-order valence-electron chi connectivity index (χ3n) is 3.20. The Hall–Kier alpha value is -0.610. The average molecular weight is 199 g/mol. The van der Waals surface area contributed by atoms with E-state index in [2.05, 4.69) is 4.90 Å². The molecule has 0 aromatic carbocycles. The Morgan fingerprint density at radius 2 is 2.29 bits per heavy atom. The second kappa shape index (κ2) is 3.87. The molecule has 0 spiro atoms. The summed E-state index contributed by atoms with van der Waals surface area (Å²) in [5, 5.41) is 9.14. The van der Waals surface area contributed by atoms with Gasteiger partial charge in [-0.1, -0.05) is 0 Å². The van der Waals surface area contributed by atoms with Crippen molar-refractivity contribution in [3.05, 3.63) is 0 Å². The van der Waals surface area contributed by atoms with Gasteiger partial charge in [0.05, 0.1) is 12.7 Å². The molecule has 1 atom stereocenters. The van der Waals surface area contributed by atoms with Crippen LogP contribution in [0.3, 0.4) is 0 Å². The zero-order chi connectivity index (χ0) is 10.1. The van der Waals surface area contributed by atoms with E-state index in [9.17, 15) is 4.79 Å². The number of hydrogen-bond acceptors (Lipinski definition) is 4. The van der Waals surface area contributed by atoms with Crippen molar-refractivity contribution in [1.82, 2.24) is 4.90 Å². The fraction of sp³-hybridized carbons (Fsp3) is 0.900. The molecule has 1 aliphatic heterocycles. The van der Waals surface area contributed by atoms with Crippen LogP contribution < -0.4 is 0 Å². The van der Waals surface area contributed by atoms with Crippen LogP contribution in [0.1, 0.15) is 19.3 Å². The minimum Gasteiger partial charge on any atom is -0.464 e. The van der Waals surface area contributed by atoms with Gasteiger partial charge in [0, 0.05) is 13.0 Å². The molecule has 4 heteroatoms. The quantitative estimate of drug-likeness (QED) is 0.650. The summed E-state index contributed by atoms with van der Waals surface area (Å²) >= 11 is 0. The largest absolute Gasteiger partial charge is 0.464 e. The Kier molecular flexibility index (Phi) is 2.74. The molecular formula is C10H17NO3. The van der Waals surface area contributed by atoms with Gasteiger partial charge in [-0.15, -0.1) is 0 Å². The summed E-state index contributed by atoms with van der Waals surface area (Å²) in [6.07, 6.45) is 2.46. The minimum absolute atomic E-state index is 0.0484. The first-order valence-corrected chi connectivity index (χ1v) is 5.21. The van der Waals surface area contributed by atoms with E-state index >= 15 is 0 Å². The number of rotatable bonds is 3. The maximum atomic E-state index is 11.3. The number of ether oxygens (including phenoxy) is 1. The first-order chi connectivity index (χ1) is 6.66. The number of likely N-dealkylation sites (N-methyl/N-ethyl adjacent to an activating group) is 1. The number of cyclic esters (lactones) is 1. The molecule has 1 saturated carbocycles. The lowest BCUT2D eigenvalue weighted by Crippen LogP contribution is -2.43. The molecule has 0 radical (unpaired) electrons. The highest BCUT2D eigenvalue weighted by atomic mass is 16.5. The molecule has 2 fully saturated rings. The van der Waals surface area contributed by atoms with Crippen LogP contribution in [0.5, 0.6) is 0 Å². The van der Waals surface area contributed by atoms with E-state index in [4.69, 9.17) is 9.84 Å². The average Bonchev–Trinajstić information content (AvgIpc) is 2.48. The van der Waals surface area contributed by atoms with Crippen LogP contribution in [0, 0.1) is 5.92 Å². The van der Waals surface area contributed by atoms with Crippen molar-refractivity contribution < 1.29 is 14.6 Å². The summed E-state index contributed by atoms with van der Waals surface area (Å²) in [5.41, 5.74) is 0. The van der Waals surface area contributed by atoms with Crippen molar-refractivity contribution in [2.75, 3.05) is 20.2 Å². The van der Waals surface area contributed by atoms with Gasteiger partial charge in [0.15, 0.2) is 0 Å². The summed E-state index contributed by atoms with van der Waals surface area (Å²) in [6, 6.07) is -0.0484. The molecule has 14 heavy (non-hydrogen) atoms.